The zero-order chi connectivity index (χ0) is 25.6. The average molecular weight is 494 g/mol. The molecule has 0 bridgehead atoms. The zero-order valence-corrected chi connectivity index (χ0v) is 18.4. The number of carbonyl (C=O) groups excluding carboxylic acids is 2. The molecule has 0 aliphatic carbocycles. The van der Waals surface area contributed by atoms with Gasteiger partial charge in [0.25, 0.3) is 0 Å². The minimum Gasteiger partial charge on any atom is -0.504 e. The van der Waals surface area contributed by atoms with Gasteiger partial charge in [-0.15, -0.1) is 0 Å². The van der Waals surface area contributed by atoms with Crippen molar-refractivity contribution in [2.24, 2.45) is 0 Å². The van der Waals surface area contributed by atoms with Crippen molar-refractivity contribution in [1.29, 1.82) is 0 Å². The number of methoxy groups -OCH3 is 2. The molecule has 0 spiro atoms. The third-order valence-electron chi connectivity index (χ3n) is 5.78. The molecule has 2 heterocycles. The average Bonchev–Trinajstić information content (AvgIpc) is 2.81. The Labute approximate surface area is 197 Å². The number of phenolic OH excluding ortho intramolecular Hbond substituents is 4. The van der Waals surface area contributed by atoms with Crippen molar-refractivity contribution in [3.8, 4) is 34.5 Å². The molecule has 0 aromatic heterocycles. The van der Waals surface area contributed by atoms with Crippen LogP contribution in [0, 0.1) is 0 Å². The molecule has 0 amide bonds. The fourth-order valence-electron chi connectivity index (χ4n) is 4.10. The van der Waals surface area contributed by atoms with Gasteiger partial charge in [-0.3, -0.25) is 0 Å². The maximum atomic E-state index is 12.4. The van der Waals surface area contributed by atoms with Gasteiger partial charge in [-0.25, -0.2) is 9.59 Å². The van der Waals surface area contributed by atoms with E-state index in [1.807, 2.05) is 0 Å². The number of esters is 2. The summed E-state index contributed by atoms with van der Waals surface area (Å²) in [6.07, 6.45) is -7.44. The van der Waals surface area contributed by atoms with Crippen LogP contribution in [0.4, 0.5) is 0 Å². The van der Waals surface area contributed by atoms with Gasteiger partial charge in [0, 0.05) is 5.56 Å². The number of phenols is 4. The second-order valence-electron chi connectivity index (χ2n) is 7.83. The number of aliphatic hydroxyl groups is 2. The van der Waals surface area contributed by atoms with Crippen LogP contribution < -0.4 is 9.47 Å². The molecule has 2 aromatic carbocycles. The van der Waals surface area contributed by atoms with Crippen LogP contribution in [0.5, 0.6) is 34.5 Å². The summed E-state index contributed by atoms with van der Waals surface area (Å²) in [6.45, 7) is -0.604. The van der Waals surface area contributed by atoms with E-state index in [0.717, 1.165) is 18.2 Å². The van der Waals surface area contributed by atoms with E-state index in [-0.39, 0.29) is 28.2 Å². The molecular weight excluding hydrogens is 472 g/mol. The minimum atomic E-state index is -1.69. The minimum absolute atomic E-state index is 0.145. The number of aromatic hydroxyl groups is 4. The second-order valence-corrected chi connectivity index (χ2v) is 7.83. The van der Waals surface area contributed by atoms with Gasteiger partial charge in [-0.2, -0.15) is 0 Å². The first-order chi connectivity index (χ1) is 16.6. The molecule has 6 N–H and O–H groups in total. The Morgan fingerprint density at radius 3 is 2.14 bits per heavy atom. The SMILES string of the molecule is COc1c(O)cc(C(=O)OCC2OC3c4c(cc(O)c(OC)c4O)C(=O)OC3C(O)C2O)cc1O. The van der Waals surface area contributed by atoms with Crippen LogP contribution in [-0.2, 0) is 14.2 Å². The van der Waals surface area contributed by atoms with E-state index < -0.39 is 72.1 Å². The predicted molar refractivity (Wildman–Crippen MR) is 112 cm³/mol. The van der Waals surface area contributed by atoms with Crippen molar-refractivity contribution < 1.29 is 63.9 Å². The first kappa shape index (κ1) is 24.2. The standard InChI is InChI=1S/C22H22O13/c1-31-17-9(23)3-7(4-10(17)24)21(29)33-6-12-14(26)16(28)20-19(34-12)13-8(22(30)35-20)5-11(25)18(32-2)15(13)27/h3-5,12,14,16,19-20,23-28H,6H2,1-2H3. The fraction of sp³-hybridized carbons (Fsp3) is 0.364. The Balaban J connectivity index is 1.59. The molecule has 13 heteroatoms. The normalized spacial score (nSPS) is 25.1. The molecule has 5 atom stereocenters. The summed E-state index contributed by atoms with van der Waals surface area (Å²) in [5.74, 6) is -4.76. The molecule has 1 fully saturated rings. The van der Waals surface area contributed by atoms with E-state index in [1.165, 1.54) is 14.2 Å². The predicted octanol–water partition coefficient (Wildman–Crippen LogP) is 0.0839. The van der Waals surface area contributed by atoms with Crippen molar-refractivity contribution >= 4 is 11.9 Å². The first-order valence-electron chi connectivity index (χ1n) is 10.2. The topological polar surface area (TPSA) is 202 Å². The highest BCUT2D eigenvalue weighted by atomic mass is 16.6. The van der Waals surface area contributed by atoms with E-state index in [0.29, 0.717) is 0 Å². The lowest BCUT2D eigenvalue weighted by Crippen LogP contribution is -2.58. The smallest absolute Gasteiger partial charge is 0.339 e. The molecule has 1 saturated heterocycles. The molecule has 0 radical (unpaired) electrons. The zero-order valence-electron chi connectivity index (χ0n) is 18.4. The second kappa shape index (κ2) is 9.02. The summed E-state index contributed by atoms with van der Waals surface area (Å²) >= 11 is 0. The number of hydrogen-bond donors (Lipinski definition) is 6. The largest absolute Gasteiger partial charge is 0.504 e. The van der Waals surface area contributed by atoms with E-state index in [2.05, 4.69) is 0 Å². The molecule has 2 aliphatic rings. The number of benzene rings is 2. The molecule has 0 saturated carbocycles. The summed E-state index contributed by atoms with van der Waals surface area (Å²) in [5.41, 5.74) is -0.627. The quantitative estimate of drug-likeness (QED) is 0.306. The Bertz CT molecular complexity index is 1150. The Hall–Kier alpha value is -3.94. The Morgan fingerprint density at radius 1 is 0.943 bits per heavy atom. The summed E-state index contributed by atoms with van der Waals surface area (Å²) in [4.78, 5) is 24.8. The third kappa shape index (κ3) is 3.99. The maximum absolute atomic E-state index is 12.4. The van der Waals surface area contributed by atoms with Crippen LogP contribution in [0.25, 0.3) is 0 Å². The third-order valence-corrected chi connectivity index (χ3v) is 5.78. The lowest BCUT2D eigenvalue weighted by atomic mass is 9.86. The fourth-order valence-corrected chi connectivity index (χ4v) is 4.10. The first-order valence-corrected chi connectivity index (χ1v) is 10.2. The molecule has 35 heavy (non-hydrogen) atoms. The molecule has 2 aliphatic heterocycles. The van der Waals surface area contributed by atoms with Crippen molar-refractivity contribution in [2.45, 2.75) is 30.5 Å². The molecule has 188 valence electrons. The van der Waals surface area contributed by atoms with Crippen molar-refractivity contribution in [3.05, 3.63) is 34.9 Å². The van der Waals surface area contributed by atoms with Gasteiger partial charge in [0.1, 0.15) is 31.0 Å². The molecule has 4 rings (SSSR count). The van der Waals surface area contributed by atoms with Crippen LogP contribution in [0.3, 0.4) is 0 Å². The number of carbonyl (C=O) groups is 2. The van der Waals surface area contributed by atoms with Crippen LogP contribution in [0.2, 0.25) is 0 Å². The van der Waals surface area contributed by atoms with Gasteiger partial charge >= 0.3 is 11.9 Å². The van der Waals surface area contributed by atoms with Gasteiger partial charge < -0.3 is 54.3 Å². The summed E-state index contributed by atoms with van der Waals surface area (Å²) in [5, 5.41) is 61.4. The molecular formula is C22H22O13. The summed E-state index contributed by atoms with van der Waals surface area (Å²) < 4.78 is 25.8. The molecule has 5 unspecified atom stereocenters. The number of rotatable bonds is 5. The van der Waals surface area contributed by atoms with Crippen molar-refractivity contribution in [1.82, 2.24) is 0 Å². The number of hydrogen-bond acceptors (Lipinski definition) is 13. The lowest BCUT2D eigenvalue weighted by Gasteiger charge is -2.44. The number of aliphatic hydroxyl groups excluding tert-OH is 2. The van der Waals surface area contributed by atoms with Crippen molar-refractivity contribution in [3.63, 3.8) is 0 Å². The highest BCUT2D eigenvalue weighted by molar-refractivity contribution is 5.95. The van der Waals surface area contributed by atoms with Gasteiger partial charge in [-0.1, -0.05) is 0 Å². The Kier molecular flexibility index (Phi) is 6.23. The Morgan fingerprint density at radius 2 is 1.54 bits per heavy atom. The van der Waals surface area contributed by atoms with Gasteiger partial charge in [0.05, 0.1) is 25.3 Å². The highest BCUT2D eigenvalue weighted by Gasteiger charge is 2.52. The number of ether oxygens (including phenoxy) is 5. The summed E-state index contributed by atoms with van der Waals surface area (Å²) in [6, 6.07) is 3.00. The number of fused-ring (bicyclic) bond motifs is 3. The lowest BCUT2D eigenvalue weighted by molar-refractivity contribution is -0.235. The van der Waals surface area contributed by atoms with E-state index >= 15 is 0 Å². The van der Waals surface area contributed by atoms with Crippen molar-refractivity contribution in [2.75, 3.05) is 20.8 Å². The van der Waals surface area contributed by atoms with E-state index in [9.17, 15) is 40.2 Å². The van der Waals surface area contributed by atoms with E-state index in [1.54, 1.807) is 0 Å². The van der Waals surface area contributed by atoms with Gasteiger partial charge in [-0.05, 0) is 18.2 Å². The van der Waals surface area contributed by atoms with Crippen LogP contribution >= 0.6 is 0 Å². The van der Waals surface area contributed by atoms with Crippen LogP contribution in [0.15, 0.2) is 18.2 Å². The summed E-state index contributed by atoms with van der Waals surface area (Å²) in [7, 11) is 2.39. The van der Waals surface area contributed by atoms with E-state index in [4.69, 9.17) is 23.7 Å². The van der Waals surface area contributed by atoms with Crippen LogP contribution in [0.1, 0.15) is 32.4 Å². The van der Waals surface area contributed by atoms with Gasteiger partial charge in [0.15, 0.2) is 29.1 Å². The molecule has 2 aromatic rings. The highest BCUT2D eigenvalue weighted by Crippen LogP contribution is 2.50. The monoisotopic (exact) mass is 494 g/mol. The van der Waals surface area contributed by atoms with Gasteiger partial charge in [0.2, 0.25) is 11.5 Å². The van der Waals surface area contributed by atoms with Crippen LogP contribution in [-0.4, -0.2) is 87.8 Å². The molecule has 13 nitrogen and oxygen atoms in total. The maximum Gasteiger partial charge on any atom is 0.339 e.